The maximum atomic E-state index is 11.3. The summed E-state index contributed by atoms with van der Waals surface area (Å²) in [6, 6.07) is 5.50. The van der Waals surface area contributed by atoms with Crippen molar-refractivity contribution in [3.8, 4) is 0 Å². The SMILES string of the molecule is C[C@H]1Cc2ccc(S(C)(=O)=O)cc2C1. The lowest BCUT2D eigenvalue weighted by molar-refractivity contribution is 0.601. The highest BCUT2D eigenvalue weighted by molar-refractivity contribution is 7.90. The highest BCUT2D eigenvalue weighted by atomic mass is 32.2. The molecule has 1 atom stereocenters. The first kappa shape index (κ1) is 9.71. The number of hydrogen-bond donors (Lipinski definition) is 0. The largest absolute Gasteiger partial charge is 0.224 e. The van der Waals surface area contributed by atoms with E-state index in [9.17, 15) is 8.42 Å². The Bertz CT molecular complexity index is 460. The van der Waals surface area contributed by atoms with Gasteiger partial charge < -0.3 is 0 Å². The lowest BCUT2D eigenvalue weighted by Crippen LogP contribution is -1.98. The summed E-state index contributed by atoms with van der Waals surface area (Å²) in [5.41, 5.74) is 2.52. The second-order valence-corrected chi connectivity index (χ2v) is 6.23. The van der Waals surface area contributed by atoms with Crippen LogP contribution in [0.4, 0.5) is 0 Å². The lowest BCUT2D eigenvalue weighted by Gasteiger charge is -2.02. The minimum absolute atomic E-state index is 0.449. The second kappa shape index (κ2) is 3.09. The van der Waals surface area contributed by atoms with E-state index in [0.29, 0.717) is 10.8 Å². The number of fused-ring (bicyclic) bond motifs is 1. The molecule has 0 bridgehead atoms. The molecule has 2 nitrogen and oxygen atoms in total. The molecule has 0 spiro atoms. The van der Waals surface area contributed by atoms with E-state index < -0.39 is 9.84 Å². The maximum absolute atomic E-state index is 11.3. The zero-order chi connectivity index (χ0) is 10.3. The Morgan fingerprint density at radius 1 is 1.21 bits per heavy atom. The molecule has 0 fully saturated rings. The molecule has 0 saturated carbocycles. The normalized spacial score (nSPS) is 20.9. The quantitative estimate of drug-likeness (QED) is 0.708. The van der Waals surface area contributed by atoms with Crippen LogP contribution in [0.3, 0.4) is 0 Å². The van der Waals surface area contributed by atoms with Crippen LogP contribution in [0.5, 0.6) is 0 Å². The molecule has 0 aromatic heterocycles. The molecule has 3 heteroatoms. The Labute approximate surface area is 84.9 Å². The summed E-state index contributed by atoms with van der Waals surface area (Å²) in [6.07, 6.45) is 3.35. The molecule has 0 radical (unpaired) electrons. The summed E-state index contributed by atoms with van der Waals surface area (Å²) in [7, 11) is -3.04. The molecule has 14 heavy (non-hydrogen) atoms. The van der Waals surface area contributed by atoms with Gasteiger partial charge in [0.1, 0.15) is 0 Å². The predicted octanol–water partition coefficient (Wildman–Crippen LogP) is 1.82. The van der Waals surface area contributed by atoms with Crippen LogP contribution in [0, 0.1) is 5.92 Å². The zero-order valence-corrected chi connectivity index (χ0v) is 9.26. The molecule has 76 valence electrons. The van der Waals surface area contributed by atoms with Crippen molar-refractivity contribution in [3.05, 3.63) is 29.3 Å². The van der Waals surface area contributed by atoms with Crippen LogP contribution in [0.1, 0.15) is 18.1 Å². The number of hydrogen-bond acceptors (Lipinski definition) is 2. The van der Waals surface area contributed by atoms with Crippen molar-refractivity contribution >= 4 is 9.84 Å². The van der Waals surface area contributed by atoms with Gasteiger partial charge in [0, 0.05) is 6.26 Å². The maximum Gasteiger partial charge on any atom is 0.175 e. The van der Waals surface area contributed by atoms with Crippen molar-refractivity contribution in [1.29, 1.82) is 0 Å². The average Bonchev–Trinajstić information content (AvgIpc) is 2.41. The fourth-order valence-corrected chi connectivity index (χ4v) is 2.72. The molecule has 1 aromatic rings. The van der Waals surface area contributed by atoms with Gasteiger partial charge in [-0.1, -0.05) is 13.0 Å². The molecule has 0 heterocycles. The van der Waals surface area contributed by atoms with Gasteiger partial charge >= 0.3 is 0 Å². The summed E-state index contributed by atoms with van der Waals surface area (Å²) >= 11 is 0. The molecule has 0 amide bonds. The van der Waals surface area contributed by atoms with Gasteiger partial charge in [0.05, 0.1) is 4.90 Å². The standard InChI is InChI=1S/C11H14O2S/c1-8-5-9-3-4-11(14(2,12)13)7-10(9)6-8/h3-4,7-8H,5-6H2,1-2H3/t8-/m0/s1. The van der Waals surface area contributed by atoms with Crippen molar-refractivity contribution in [2.75, 3.05) is 6.26 Å². The zero-order valence-electron chi connectivity index (χ0n) is 8.45. The summed E-state index contributed by atoms with van der Waals surface area (Å²) < 4.78 is 22.6. The third-order valence-electron chi connectivity index (χ3n) is 2.74. The van der Waals surface area contributed by atoms with Gasteiger partial charge in [-0.05, 0) is 42.0 Å². The molecule has 0 aliphatic heterocycles. The van der Waals surface area contributed by atoms with Crippen molar-refractivity contribution in [2.24, 2.45) is 5.92 Å². The van der Waals surface area contributed by atoms with Crippen LogP contribution >= 0.6 is 0 Å². The molecule has 0 unspecified atom stereocenters. The molecular weight excluding hydrogens is 196 g/mol. The van der Waals surface area contributed by atoms with E-state index in [1.165, 1.54) is 17.4 Å². The van der Waals surface area contributed by atoms with Crippen LogP contribution < -0.4 is 0 Å². The topological polar surface area (TPSA) is 34.1 Å². The van der Waals surface area contributed by atoms with Gasteiger partial charge in [0.15, 0.2) is 9.84 Å². The fourth-order valence-electron chi connectivity index (χ4n) is 2.05. The van der Waals surface area contributed by atoms with Gasteiger partial charge in [0.25, 0.3) is 0 Å². The molecular formula is C11H14O2S. The Kier molecular flexibility index (Phi) is 2.14. The Hall–Kier alpha value is -0.830. The Morgan fingerprint density at radius 3 is 2.50 bits per heavy atom. The van der Waals surface area contributed by atoms with Crippen molar-refractivity contribution < 1.29 is 8.42 Å². The number of rotatable bonds is 1. The molecule has 1 aliphatic carbocycles. The first-order valence-electron chi connectivity index (χ1n) is 4.78. The summed E-state index contributed by atoms with van der Waals surface area (Å²) in [5.74, 6) is 0.653. The van der Waals surface area contributed by atoms with E-state index in [2.05, 4.69) is 6.92 Å². The fraction of sp³-hybridized carbons (Fsp3) is 0.455. The monoisotopic (exact) mass is 210 g/mol. The van der Waals surface area contributed by atoms with Crippen LogP contribution in [-0.2, 0) is 22.7 Å². The van der Waals surface area contributed by atoms with E-state index in [0.717, 1.165) is 12.8 Å². The molecule has 0 N–H and O–H groups in total. The summed E-state index contributed by atoms with van der Waals surface area (Å²) in [6.45, 7) is 2.19. The second-order valence-electron chi connectivity index (χ2n) is 4.22. The van der Waals surface area contributed by atoms with E-state index in [4.69, 9.17) is 0 Å². The molecule has 1 aliphatic rings. The third-order valence-corrected chi connectivity index (χ3v) is 3.85. The minimum Gasteiger partial charge on any atom is -0.224 e. The number of benzene rings is 1. The third kappa shape index (κ3) is 1.69. The van der Waals surface area contributed by atoms with Gasteiger partial charge in [-0.15, -0.1) is 0 Å². The van der Waals surface area contributed by atoms with Gasteiger partial charge in [-0.2, -0.15) is 0 Å². The van der Waals surface area contributed by atoms with Gasteiger partial charge in [-0.25, -0.2) is 8.42 Å². The van der Waals surface area contributed by atoms with E-state index in [1.54, 1.807) is 6.07 Å². The van der Waals surface area contributed by atoms with Crippen LogP contribution in [0.15, 0.2) is 23.1 Å². The van der Waals surface area contributed by atoms with Gasteiger partial charge in [-0.3, -0.25) is 0 Å². The first-order chi connectivity index (χ1) is 6.47. The van der Waals surface area contributed by atoms with Crippen LogP contribution in [0.2, 0.25) is 0 Å². The molecule has 1 aromatic carbocycles. The predicted molar refractivity (Wildman–Crippen MR) is 56.1 cm³/mol. The van der Waals surface area contributed by atoms with Crippen LogP contribution in [0.25, 0.3) is 0 Å². The average molecular weight is 210 g/mol. The Morgan fingerprint density at radius 2 is 1.86 bits per heavy atom. The van der Waals surface area contributed by atoms with E-state index in [-0.39, 0.29) is 0 Å². The molecule has 2 rings (SSSR count). The molecule has 0 saturated heterocycles. The van der Waals surface area contributed by atoms with E-state index >= 15 is 0 Å². The number of sulfone groups is 1. The van der Waals surface area contributed by atoms with Crippen molar-refractivity contribution in [1.82, 2.24) is 0 Å². The highest BCUT2D eigenvalue weighted by Gasteiger charge is 2.19. The smallest absolute Gasteiger partial charge is 0.175 e. The van der Waals surface area contributed by atoms with E-state index in [1.807, 2.05) is 12.1 Å². The highest BCUT2D eigenvalue weighted by Crippen LogP contribution is 2.28. The van der Waals surface area contributed by atoms with Gasteiger partial charge in [0.2, 0.25) is 0 Å². The Balaban J connectivity index is 2.48. The summed E-state index contributed by atoms with van der Waals surface area (Å²) in [4.78, 5) is 0.449. The van der Waals surface area contributed by atoms with Crippen molar-refractivity contribution in [3.63, 3.8) is 0 Å². The van der Waals surface area contributed by atoms with Crippen LogP contribution in [-0.4, -0.2) is 14.7 Å². The first-order valence-corrected chi connectivity index (χ1v) is 6.68. The lowest BCUT2D eigenvalue weighted by atomic mass is 10.1. The van der Waals surface area contributed by atoms with Crippen molar-refractivity contribution in [2.45, 2.75) is 24.7 Å². The summed E-state index contributed by atoms with van der Waals surface area (Å²) in [5, 5.41) is 0. The minimum atomic E-state index is -3.04.